The number of hydrogen-bond acceptors (Lipinski definition) is 4. The Labute approximate surface area is 125 Å². The SMILES string of the molecule is CSCCCOc1cccc(NC(=O)OC(C)(C)C)c1. The molecule has 5 heteroatoms. The molecule has 1 amide bonds. The summed E-state index contributed by atoms with van der Waals surface area (Å²) in [5.74, 6) is 1.83. The molecular weight excluding hydrogens is 274 g/mol. The molecular formula is C15H23NO3S. The molecule has 0 atom stereocenters. The smallest absolute Gasteiger partial charge is 0.412 e. The van der Waals surface area contributed by atoms with E-state index < -0.39 is 11.7 Å². The van der Waals surface area contributed by atoms with Gasteiger partial charge in [-0.3, -0.25) is 5.32 Å². The van der Waals surface area contributed by atoms with Crippen molar-refractivity contribution >= 4 is 23.5 Å². The van der Waals surface area contributed by atoms with Gasteiger partial charge in [-0.15, -0.1) is 0 Å². The Morgan fingerprint density at radius 2 is 2.10 bits per heavy atom. The molecule has 0 aliphatic heterocycles. The number of carbonyl (C=O) groups is 1. The summed E-state index contributed by atoms with van der Waals surface area (Å²) in [6, 6.07) is 7.32. The lowest BCUT2D eigenvalue weighted by molar-refractivity contribution is 0.0636. The fraction of sp³-hybridized carbons (Fsp3) is 0.533. The van der Waals surface area contributed by atoms with Crippen molar-refractivity contribution in [3.05, 3.63) is 24.3 Å². The predicted molar refractivity (Wildman–Crippen MR) is 84.8 cm³/mol. The van der Waals surface area contributed by atoms with Crippen molar-refractivity contribution in [2.45, 2.75) is 32.8 Å². The number of hydrogen-bond donors (Lipinski definition) is 1. The first-order chi connectivity index (χ1) is 9.40. The fourth-order valence-corrected chi connectivity index (χ4v) is 1.88. The van der Waals surface area contributed by atoms with Gasteiger partial charge in [0.25, 0.3) is 0 Å². The average Bonchev–Trinajstić information content (AvgIpc) is 2.32. The molecule has 4 nitrogen and oxygen atoms in total. The van der Waals surface area contributed by atoms with Crippen molar-refractivity contribution in [3.8, 4) is 5.75 Å². The molecule has 0 fully saturated rings. The number of thioether (sulfide) groups is 1. The van der Waals surface area contributed by atoms with E-state index in [9.17, 15) is 4.79 Å². The minimum Gasteiger partial charge on any atom is -0.493 e. The third kappa shape index (κ3) is 7.28. The minimum absolute atomic E-state index is 0.461. The van der Waals surface area contributed by atoms with E-state index in [1.807, 2.05) is 32.9 Å². The van der Waals surface area contributed by atoms with Crippen LogP contribution in [-0.4, -0.2) is 30.3 Å². The molecule has 112 valence electrons. The van der Waals surface area contributed by atoms with Crippen molar-refractivity contribution in [1.29, 1.82) is 0 Å². The first-order valence-electron chi connectivity index (χ1n) is 6.62. The summed E-state index contributed by atoms with van der Waals surface area (Å²) in [7, 11) is 0. The first kappa shape index (κ1) is 16.7. The highest BCUT2D eigenvalue weighted by Gasteiger charge is 2.16. The third-order valence-electron chi connectivity index (χ3n) is 2.24. The Kier molecular flexibility index (Phi) is 6.71. The van der Waals surface area contributed by atoms with E-state index in [1.165, 1.54) is 0 Å². The van der Waals surface area contributed by atoms with Crippen molar-refractivity contribution in [3.63, 3.8) is 0 Å². The average molecular weight is 297 g/mol. The summed E-state index contributed by atoms with van der Waals surface area (Å²) in [6.07, 6.45) is 2.62. The largest absolute Gasteiger partial charge is 0.493 e. The monoisotopic (exact) mass is 297 g/mol. The predicted octanol–water partition coefficient (Wildman–Crippen LogP) is 4.17. The number of ether oxygens (including phenoxy) is 2. The standard InChI is InChI=1S/C15H23NO3S/c1-15(2,3)19-14(17)16-12-7-5-8-13(11-12)18-9-6-10-20-4/h5,7-8,11H,6,9-10H2,1-4H3,(H,16,17). The van der Waals surface area contributed by atoms with Gasteiger partial charge in [0, 0.05) is 11.8 Å². The van der Waals surface area contributed by atoms with Crippen LogP contribution in [0.15, 0.2) is 24.3 Å². The molecule has 1 aromatic carbocycles. The van der Waals surface area contributed by atoms with Gasteiger partial charge in [-0.25, -0.2) is 4.79 Å². The highest BCUT2D eigenvalue weighted by molar-refractivity contribution is 7.98. The van der Waals surface area contributed by atoms with Crippen LogP contribution in [0.1, 0.15) is 27.2 Å². The Morgan fingerprint density at radius 1 is 1.35 bits per heavy atom. The number of nitrogens with one attached hydrogen (secondary N) is 1. The van der Waals surface area contributed by atoms with Crippen LogP contribution in [0.25, 0.3) is 0 Å². The topological polar surface area (TPSA) is 47.6 Å². The molecule has 1 rings (SSSR count). The molecule has 0 spiro atoms. The maximum absolute atomic E-state index is 11.7. The van der Waals surface area contributed by atoms with Gasteiger partial charge in [0.05, 0.1) is 6.61 Å². The number of rotatable bonds is 6. The van der Waals surface area contributed by atoms with Crippen LogP contribution in [0.3, 0.4) is 0 Å². The van der Waals surface area contributed by atoms with Crippen LogP contribution < -0.4 is 10.1 Å². The van der Waals surface area contributed by atoms with Crippen LogP contribution in [0.4, 0.5) is 10.5 Å². The lowest BCUT2D eigenvalue weighted by atomic mass is 10.2. The second-order valence-corrected chi connectivity index (χ2v) is 6.34. The van der Waals surface area contributed by atoms with Crippen LogP contribution in [-0.2, 0) is 4.74 Å². The van der Waals surface area contributed by atoms with E-state index in [2.05, 4.69) is 11.6 Å². The van der Waals surface area contributed by atoms with Gasteiger partial charge in [-0.2, -0.15) is 11.8 Å². The highest BCUT2D eigenvalue weighted by Crippen LogP contribution is 2.18. The zero-order valence-corrected chi connectivity index (χ0v) is 13.4. The normalized spacial score (nSPS) is 11.0. The van der Waals surface area contributed by atoms with Gasteiger partial charge in [0.2, 0.25) is 0 Å². The van der Waals surface area contributed by atoms with Crippen LogP contribution in [0.2, 0.25) is 0 Å². The molecule has 0 bridgehead atoms. The number of benzene rings is 1. The summed E-state index contributed by atoms with van der Waals surface area (Å²) in [5.41, 5.74) is 0.164. The molecule has 0 saturated carbocycles. The number of anilines is 1. The minimum atomic E-state index is -0.504. The van der Waals surface area contributed by atoms with E-state index in [-0.39, 0.29) is 0 Å². The van der Waals surface area contributed by atoms with Gasteiger partial charge in [0.15, 0.2) is 0 Å². The van der Waals surface area contributed by atoms with Crippen LogP contribution in [0.5, 0.6) is 5.75 Å². The molecule has 0 radical (unpaired) electrons. The number of amides is 1. The Morgan fingerprint density at radius 3 is 2.75 bits per heavy atom. The number of carbonyl (C=O) groups excluding carboxylic acids is 1. The van der Waals surface area contributed by atoms with E-state index >= 15 is 0 Å². The molecule has 0 heterocycles. The van der Waals surface area contributed by atoms with E-state index in [1.54, 1.807) is 23.9 Å². The Hall–Kier alpha value is -1.36. The zero-order chi connectivity index (χ0) is 15.0. The van der Waals surface area contributed by atoms with Crippen molar-refractivity contribution in [1.82, 2.24) is 0 Å². The lowest BCUT2D eigenvalue weighted by Crippen LogP contribution is -2.27. The summed E-state index contributed by atoms with van der Waals surface area (Å²) < 4.78 is 10.8. The fourth-order valence-electron chi connectivity index (χ4n) is 1.48. The molecule has 0 aromatic heterocycles. The van der Waals surface area contributed by atoms with E-state index in [0.29, 0.717) is 12.3 Å². The second-order valence-electron chi connectivity index (χ2n) is 5.35. The molecule has 0 aliphatic carbocycles. The Balaban J connectivity index is 2.49. The maximum Gasteiger partial charge on any atom is 0.412 e. The first-order valence-corrected chi connectivity index (χ1v) is 8.02. The summed E-state index contributed by atoms with van der Waals surface area (Å²) >= 11 is 1.80. The second kappa shape index (κ2) is 8.04. The van der Waals surface area contributed by atoms with Gasteiger partial charge in [-0.1, -0.05) is 6.07 Å². The lowest BCUT2D eigenvalue weighted by Gasteiger charge is -2.19. The van der Waals surface area contributed by atoms with Gasteiger partial charge in [0.1, 0.15) is 11.4 Å². The van der Waals surface area contributed by atoms with Gasteiger partial charge < -0.3 is 9.47 Å². The quantitative estimate of drug-likeness (QED) is 0.801. The summed E-state index contributed by atoms with van der Waals surface area (Å²) in [6.45, 7) is 6.17. The van der Waals surface area contributed by atoms with E-state index in [0.717, 1.165) is 17.9 Å². The molecule has 1 N–H and O–H groups in total. The Bertz CT molecular complexity index is 429. The molecule has 0 saturated heterocycles. The van der Waals surface area contributed by atoms with Crippen molar-refractivity contribution in [2.75, 3.05) is 23.9 Å². The maximum atomic E-state index is 11.7. The van der Waals surface area contributed by atoms with Crippen molar-refractivity contribution < 1.29 is 14.3 Å². The van der Waals surface area contributed by atoms with E-state index in [4.69, 9.17) is 9.47 Å². The zero-order valence-electron chi connectivity index (χ0n) is 12.6. The summed E-state index contributed by atoms with van der Waals surface area (Å²) in [4.78, 5) is 11.7. The highest BCUT2D eigenvalue weighted by atomic mass is 32.2. The van der Waals surface area contributed by atoms with Crippen LogP contribution in [0, 0.1) is 0 Å². The molecule has 0 aliphatic rings. The van der Waals surface area contributed by atoms with Gasteiger partial charge in [-0.05, 0) is 51.3 Å². The summed E-state index contributed by atoms with van der Waals surface area (Å²) in [5, 5.41) is 2.70. The third-order valence-corrected chi connectivity index (χ3v) is 2.94. The van der Waals surface area contributed by atoms with Crippen LogP contribution >= 0.6 is 11.8 Å². The van der Waals surface area contributed by atoms with Gasteiger partial charge >= 0.3 is 6.09 Å². The molecule has 20 heavy (non-hydrogen) atoms. The van der Waals surface area contributed by atoms with Crippen molar-refractivity contribution in [2.24, 2.45) is 0 Å². The molecule has 0 unspecified atom stereocenters. The molecule has 1 aromatic rings.